The summed E-state index contributed by atoms with van der Waals surface area (Å²) in [5.41, 5.74) is 3.37. The second-order valence-corrected chi connectivity index (χ2v) is 7.99. The maximum atomic E-state index is 13.3. The molecule has 4 rings (SSSR count). The molecule has 1 atom stereocenters. The summed E-state index contributed by atoms with van der Waals surface area (Å²) in [6.45, 7) is 0.822. The van der Waals surface area contributed by atoms with Crippen LogP contribution in [0.25, 0.3) is 0 Å². The van der Waals surface area contributed by atoms with Gasteiger partial charge in [-0.05, 0) is 61.8 Å². The predicted molar refractivity (Wildman–Crippen MR) is 104 cm³/mol. The molecule has 0 N–H and O–H groups in total. The Morgan fingerprint density at radius 3 is 2.73 bits per heavy atom. The number of hydrogen-bond donors (Lipinski definition) is 0. The molecule has 4 nitrogen and oxygen atoms in total. The second kappa shape index (κ2) is 7.31. The van der Waals surface area contributed by atoms with E-state index in [-0.39, 0.29) is 11.9 Å². The summed E-state index contributed by atoms with van der Waals surface area (Å²) in [5, 5.41) is 2.09. The zero-order valence-electron chi connectivity index (χ0n) is 15.4. The smallest absolute Gasteiger partial charge is 0.255 e. The van der Waals surface area contributed by atoms with Gasteiger partial charge in [0.05, 0.1) is 25.8 Å². The number of hydrogen-bond acceptors (Lipinski definition) is 4. The van der Waals surface area contributed by atoms with Crippen molar-refractivity contribution in [1.82, 2.24) is 4.90 Å². The van der Waals surface area contributed by atoms with Crippen LogP contribution in [0.15, 0.2) is 23.6 Å². The molecule has 2 aliphatic rings. The molecule has 5 heteroatoms. The lowest BCUT2D eigenvalue weighted by molar-refractivity contribution is 0.0734. The topological polar surface area (TPSA) is 38.8 Å². The number of nitrogens with zero attached hydrogens (tertiary/aromatic N) is 1. The van der Waals surface area contributed by atoms with Crippen molar-refractivity contribution in [1.29, 1.82) is 0 Å². The lowest BCUT2D eigenvalue weighted by atomic mass is 9.95. The number of carbonyl (C=O) groups excluding carboxylic acids is 1. The molecule has 2 aromatic rings. The molecule has 26 heavy (non-hydrogen) atoms. The van der Waals surface area contributed by atoms with Crippen molar-refractivity contribution in [2.75, 3.05) is 20.8 Å². The van der Waals surface area contributed by atoms with Crippen LogP contribution in [0, 0.1) is 0 Å². The molecular formula is C21H25NO3S. The Morgan fingerprint density at radius 1 is 1.12 bits per heavy atom. The number of fused-ring (bicyclic) bond motifs is 1. The SMILES string of the molecule is COc1ccc([C@H]2CCCN2C(=O)c2csc3c2CCCC3)cc1OC. The van der Waals surface area contributed by atoms with E-state index in [9.17, 15) is 4.79 Å². The zero-order valence-corrected chi connectivity index (χ0v) is 16.2. The van der Waals surface area contributed by atoms with Crippen molar-refractivity contribution in [2.24, 2.45) is 0 Å². The number of carbonyl (C=O) groups is 1. The molecule has 0 spiro atoms. The predicted octanol–water partition coefficient (Wildman–Crippen LogP) is 4.62. The average Bonchev–Trinajstić information content (AvgIpc) is 3.34. The number of rotatable bonds is 4. The van der Waals surface area contributed by atoms with Crippen molar-refractivity contribution >= 4 is 17.2 Å². The number of likely N-dealkylation sites (tertiary alicyclic amines) is 1. The van der Waals surface area contributed by atoms with Gasteiger partial charge in [0.2, 0.25) is 0 Å². The third kappa shape index (κ3) is 2.98. The Bertz CT molecular complexity index is 814. The molecule has 0 saturated carbocycles. The van der Waals surface area contributed by atoms with Crippen LogP contribution < -0.4 is 9.47 Å². The maximum absolute atomic E-state index is 13.3. The Labute approximate surface area is 158 Å². The van der Waals surface area contributed by atoms with E-state index in [2.05, 4.69) is 16.3 Å². The monoisotopic (exact) mass is 371 g/mol. The van der Waals surface area contributed by atoms with Gasteiger partial charge in [0, 0.05) is 16.8 Å². The standard InChI is InChI=1S/C21H25NO3S/c1-24-18-10-9-14(12-19(18)25-2)17-7-5-11-22(17)21(23)16-13-26-20-8-4-3-6-15(16)20/h9-10,12-13,17H,3-8,11H2,1-2H3/t17-/m1/s1. The second-order valence-electron chi connectivity index (χ2n) is 7.03. The largest absolute Gasteiger partial charge is 0.493 e. The Morgan fingerprint density at radius 2 is 1.92 bits per heavy atom. The molecule has 0 unspecified atom stereocenters. The zero-order chi connectivity index (χ0) is 18.1. The minimum absolute atomic E-state index is 0.112. The van der Waals surface area contributed by atoms with Gasteiger partial charge in [0.1, 0.15) is 0 Å². The van der Waals surface area contributed by atoms with Gasteiger partial charge in [0.25, 0.3) is 5.91 Å². The third-order valence-electron chi connectivity index (χ3n) is 5.60. The van der Waals surface area contributed by atoms with Crippen molar-refractivity contribution in [2.45, 2.75) is 44.6 Å². The third-order valence-corrected chi connectivity index (χ3v) is 6.69. The minimum atomic E-state index is 0.112. The summed E-state index contributed by atoms with van der Waals surface area (Å²) < 4.78 is 10.8. The molecule has 1 aliphatic carbocycles. The molecule has 1 amide bonds. The molecule has 1 aliphatic heterocycles. The van der Waals surface area contributed by atoms with Crippen molar-refractivity contribution < 1.29 is 14.3 Å². The summed E-state index contributed by atoms with van der Waals surface area (Å²) >= 11 is 1.76. The molecular weight excluding hydrogens is 346 g/mol. The number of ether oxygens (including phenoxy) is 2. The van der Waals surface area contributed by atoms with Gasteiger partial charge in [-0.2, -0.15) is 0 Å². The fraction of sp³-hybridized carbons (Fsp3) is 0.476. The molecule has 0 bridgehead atoms. The van der Waals surface area contributed by atoms with E-state index >= 15 is 0 Å². The Kier molecular flexibility index (Phi) is 4.90. The Hall–Kier alpha value is -2.01. The van der Waals surface area contributed by atoms with Gasteiger partial charge < -0.3 is 14.4 Å². The molecule has 0 radical (unpaired) electrons. The van der Waals surface area contributed by atoms with Crippen LogP contribution in [0.1, 0.15) is 58.1 Å². The van der Waals surface area contributed by atoms with Crippen molar-refractivity contribution in [3.8, 4) is 11.5 Å². The summed E-state index contributed by atoms with van der Waals surface area (Å²) in [4.78, 5) is 16.8. The minimum Gasteiger partial charge on any atom is -0.493 e. The van der Waals surface area contributed by atoms with Gasteiger partial charge in [-0.15, -0.1) is 11.3 Å². The summed E-state index contributed by atoms with van der Waals surface area (Å²) in [7, 11) is 3.29. The Balaban J connectivity index is 1.62. The first-order chi connectivity index (χ1) is 12.7. The van der Waals surface area contributed by atoms with Crippen LogP contribution >= 0.6 is 11.3 Å². The summed E-state index contributed by atoms with van der Waals surface area (Å²) in [5.74, 6) is 1.64. The highest BCUT2D eigenvalue weighted by molar-refractivity contribution is 7.10. The van der Waals surface area contributed by atoms with Gasteiger partial charge in [-0.1, -0.05) is 6.07 Å². The highest BCUT2D eigenvalue weighted by atomic mass is 32.1. The van der Waals surface area contributed by atoms with E-state index < -0.39 is 0 Å². The van der Waals surface area contributed by atoms with E-state index in [0.29, 0.717) is 0 Å². The quantitative estimate of drug-likeness (QED) is 0.787. The summed E-state index contributed by atoms with van der Waals surface area (Å²) in [6.07, 6.45) is 6.66. The normalized spacial score (nSPS) is 19.3. The molecule has 2 heterocycles. The molecule has 1 fully saturated rings. The lowest BCUT2D eigenvalue weighted by Gasteiger charge is -2.26. The molecule has 1 saturated heterocycles. The van der Waals surface area contributed by atoms with Crippen LogP contribution in [0.4, 0.5) is 0 Å². The fourth-order valence-electron chi connectivity index (χ4n) is 4.24. The maximum Gasteiger partial charge on any atom is 0.255 e. The first kappa shape index (κ1) is 17.4. The highest BCUT2D eigenvalue weighted by Crippen LogP contribution is 2.39. The first-order valence-electron chi connectivity index (χ1n) is 9.35. The number of benzene rings is 1. The molecule has 138 valence electrons. The van der Waals surface area contributed by atoms with E-state index in [0.717, 1.165) is 54.9 Å². The number of amides is 1. The highest BCUT2D eigenvalue weighted by Gasteiger charge is 2.33. The van der Waals surface area contributed by atoms with E-state index in [1.807, 2.05) is 12.1 Å². The van der Waals surface area contributed by atoms with Crippen LogP contribution in [-0.4, -0.2) is 31.6 Å². The first-order valence-corrected chi connectivity index (χ1v) is 10.2. The van der Waals surface area contributed by atoms with Gasteiger partial charge >= 0.3 is 0 Å². The number of thiophene rings is 1. The van der Waals surface area contributed by atoms with Gasteiger partial charge in [-0.25, -0.2) is 0 Å². The summed E-state index contributed by atoms with van der Waals surface area (Å²) in [6, 6.07) is 6.11. The average molecular weight is 372 g/mol. The van der Waals surface area contributed by atoms with E-state index in [4.69, 9.17) is 9.47 Å². The van der Waals surface area contributed by atoms with Crippen molar-refractivity contribution in [3.63, 3.8) is 0 Å². The number of aryl methyl sites for hydroxylation is 1. The molecule has 1 aromatic heterocycles. The van der Waals surface area contributed by atoms with Crippen LogP contribution in [-0.2, 0) is 12.8 Å². The number of methoxy groups -OCH3 is 2. The lowest BCUT2D eigenvalue weighted by Crippen LogP contribution is -2.31. The van der Waals surface area contributed by atoms with Gasteiger partial charge in [0.15, 0.2) is 11.5 Å². The van der Waals surface area contributed by atoms with Gasteiger partial charge in [-0.3, -0.25) is 4.79 Å². The van der Waals surface area contributed by atoms with Crippen LogP contribution in [0.5, 0.6) is 11.5 Å². The fourth-order valence-corrected chi connectivity index (χ4v) is 5.36. The van der Waals surface area contributed by atoms with Crippen LogP contribution in [0.3, 0.4) is 0 Å². The van der Waals surface area contributed by atoms with Crippen LogP contribution in [0.2, 0.25) is 0 Å². The van der Waals surface area contributed by atoms with Crippen molar-refractivity contribution in [3.05, 3.63) is 45.1 Å². The van der Waals surface area contributed by atoms with E-state index in [1.54, 1.807) is 25.6 Å². The molecule has 1 aromatic carbocycles. The van der Waals surface area contributed by atoms with E-state index in [1.165, 1.54) is 23.3 Å².